The van der Waals surface area contributed by atoms with Crippen LogP contribution in [0.2, 0.25) is 0 Å². The molecule has 0 aliphatic rings. The normalized spacial score (nSPS) is 10.3. The molecule has 0 aliphatic heterocycles. The molecule has 0 fully saturated rings. The zero-order valence-electron chi connectivity index (χ0n) is 11.7. The second-order valence-electron chi connectivity index (χ2n) is 4.74. The average molecular weight is 291 g/mol. The molecule has 5 nitrogen and oxygen atoms in total. The maximum Gasteiger partial charge on any atom is 0.252 e. The van der Waals surface area contributed by atoms with Gasteiger partial charge in [0.25, 0.3) is 5.91 Å². The molecule has 0 radical (unpaired) electrons. The molecule has 1 N–H and O–H groups in total. The van der Waals surface area contributed by atoms with Crippen molar-refractivity contribution in [1.29, 1.82) is 5.26 Å². The first kappa shape index (κ1) is 13.8. The van der Waals surface area contributed by atoms with Gasteiger partial charge < -0.3 is 9.73 Å². The van der Waals surface area contributed by atoms with Crippen LogP contribution < -0.4 is 5.32 Å². The van der Waals surface area contributed by atoms with Gasteiger partial charge in [-0.15, -0.1) is 0 Å². The summed E-state index contributed by atoms with van der Waals surface area (Å²) in [6.07, 6.45) is 0.495. The van der Waals surface area contributed by atoms with E-state index in [1.54, 1.807) is 24.3 Å². The molecule has 1 heterocycles. The van der Waals surface area contributed by atoms with Gasteiger partial charge in [0.1, 0.15) is 5.52 Å². The van der Waals surface area contributed by atoms with Crippen molar-refractivity contribution in [3.63, 3.8) is 0 Å². The number of oxazole rings is 1. The molecule has 5 heteroatoms. The maximum atomic E-state index is 12.1. The summed E-state index contributed by atoms with van der Waals surface area (Å²) in [4.78, 5) is 16.4. The van der Waals surface area contributed by atoms with E-state index in [2.05, 4.69) is 10.3 Å². The number of fused-ring (bicyclic) bond motifs is 1. The average Bonchev–Trinajstić information content (AvgIpc) is 2.97. The summed E-state index contributed by atoms with van der Waals surface area (Å²) < 4.78 is 5.59. The third-order valence-corrected chi connectivity index (χ3v) is 3.25. The molecule has 3 aromatic rings. The molecule has 0 unspecified atom stereocenters. The number of nitriles is 1. The van der Waals surface area contributed by atoms with Crippen LogP contribution in [-0.4, -0.2) is 17.4 Å². The van der Waals surface area contributed by atoms with Crippen LogP contribution >= 0.6 is 0 Å². The first-order valence-corrected chi connectivity index (χ1v) is 6.90. The summed E-state index contributed by atoms with van der Waals surface area (Å²) in [6.45, 7) is 0.394. The molecule has 2 aromatic carbocycles. The molecular formula is C17H13N3O2. The van der Waals surface area contributed by atoms with Crippen molar-refractivity contribution in [2.75, 3.05) is 6.54 Å². The quantitative estimate of drug-likeness (QED) is 0.801. The Morgan fingerprint density at radius 2 is 1.95 bits per heavy atom. The molecule has 1 aromatic heterocycles. The molecule has 22 heavy (non-hydrogen) atoms. The molecule has 0 saturated carbocycles. The van der Waals surface area contributed by atoms with Crippen molar-refractivity contribution in [3.05, 3.63) is 65.5 Å². The van der Waals surface area contributed by atoms with Crippen LogP contribution in [0.25, 0.3) is 11.1 Å². The van der Waals surface area contributed by atoms with Crippen LogP contribution in [0.5, 0.6) is 0 Å². The monoisotopic (exact) mass is 291 g/mol. The summed E-state index contributed by atoms with van der Waals surface area (Å²) in [5, 5.41) is 11.8. The minimum absolute atomic E-state index is 0.270. The summed E-state index contributed by atoms with van der Waals surface area (Å²) in [6, 6.07) is 16.2. The molecule has 0 saturated heterocycles. The lowest BCUT2D eigenvalue weighted by Crippen LogP contribution is -2.26. The third-order valence-electron chi connectivity index (χ3n) is 3.25. The molecule has 0 bridgehead atoms. The number of benzene rings is 2. The molecule has 0 aliphatic carbocycles. The number of carbonyl (C=O) groups is 1. The fourth-order valence-corrected chi connectivity index (χ4v) is 2.18. The number of rotatable bonds is 4. The minimum atomic E-state index is -0.270. The van der Waals surface area contributed by atoms with Crippen molar-refractivity contribution < 1.29 is 9.21 Å². The Hall–Kier alpha value is -3.13. The van der Waals surface area contributed by atoms with E-state index >= 15 is 0 Å². The van der Waals surface area contributed by atoms with Gasteiger partial charge >= 0.3 is 0 Å². The maximum absolute atomic E-state index is 12.1. The smallest absolute Gasteiger partial charge is 0.252 e. The van der Waals surface area contributed by atoms with Crippen LogP contribution in [0.1, 0.15) is 21.8 Å². The van der Waals surface area contributed by atoms with Gasteiger partial charge in [0.05, 0.1) is 17.2 Å². The third kappa shape index (κ3) is 2.81. The Bertz CT molecular complexity index is 828. The Balaban J connectivity index is 1.63. The van der Waals surface area contributed by atoms with Gasteiger partial charge in [-0.25, -0.2) is 4.98 Å². The fraction of sp³-hybridized carbons (Fsp3) is 0.118. The molecule has 1 amide bonds. The SMILES string of the molecule is N#Cc1ccccc1C(=O)NCCc1nc2ccccc2o1. The van der Waals surface area contributed by atoms with E-state index in [4.69, 9.17) is 9.68 Å². The van der Waals surface area contributed by atoms with E-state index in [0.29, 0.717) is 30.0 Å². The highest BCUT2D eigenvalue weighted by molar-refractivity contribution is 5.96. The first-order chi connectivity index (χ1) is 10.8. The minimum Gasteiger partial charge on any atom is -0.441 e. The molecule has 108 valence electrons. The van der Waals surface area contributed by atoms with Crippen LogP contribution in [0.4, 0.5) is 0 Å². The number of hydrogen-bond donors (Lipinski definition) is 1. The molecular weight excluding hydrogens is 278 g/mol. The van der Waals surface area contributed by atoms with Gasteiger partial charge in [-0.1, -0.05) is 24.3 Å². The van der Waals surface area contributed by atoms with Crippen molar-refractivity contribution in [3.8, 4) is 6.07 Å². The van der Waals surface area contributed by atoms with Crippen molar-refractivity contribution in [1.82, 2.24) is 10.3 Å². The Morgan fingerprint density at radius 1 is 1.18 bits per heavy atom. The highest BCUT2D eigenvalue weighted by atomic mass is 16.3. The predicted molar refractivity (Wildman–Crippen MR) is 81.2 cm³/mol. The van der Waals surface area contributed by atoms with Crippen molar-refractivity contribution in [2.24, 2.45) is 0 Å². The van der Waals surface area contributed by atoms with E-state index in [0.717, 1.165) is 11.1 Å². The van der Waals surface area contributed by atoms with Crippen LogP contribution in [0.15, 0.2) is 52.9 Å². The van der Waals surface area contributed by atoms with E-state index < -0.39 is 0 Å². The number of nitrogens with one attached hydrogen (secondary N) is 1. The Kier molecular flexibility index (Phi) is 3.84. The molecule has 3 rings (SSSR count). The lowest BCUT2D eigenvalue weighted by molar-refractivity contribution is 0.0953. The van der Waals surface area contributed by atoms with Gasteiger partial charge in [-0.3, -0.25) is 4.79 Å². The predicted octanol–water partition coefficient (Wildman–Crippen LogP) is 2.67. The summed E-state index contributed by atoms with van der Waals surface area (Å²) >= 11 is 0. The zero-order valence-corrected chi connectivity index (χ0v) is 11.7. The lowest BCUT2D eigenvalue weighted by atomic mass is 10.1. The lowest BCUT2D eigenvalue weighted by Gasteiger charge is -2.04. The second-order valence-corrected chi connectivity index (χ2v) is 4.74. The van der Waals surface area contributed by atoms with E-state index in [-0.39, 0.29) is 5.91 Å². The first-order valence-electron chi connectivity index (χ1n) is 6.90. The number of nitrogens with zero attached hydrogens (tertiary/aromatic N) is 2. The summed E-state index contributed by atoms with van der Waals surface area (Å²) in [5.74, 6) is 0.309. The largest absolute Gasteiger partial charge is 0.441 e. The van der Waals surface area contributed by atoms with Crippen LogP contribution in [0.3, 0.4) is 0 Å². The van der Waals surface area contributed by atoms with E-state index in [9.17, 15) is 4.79 Å². The Morgan fingerprint density at radius 3 is 2.77 bits per heavy atom. The number of carbonyl (C=O) groups excluding carboxylic acids is 1. The van der Waals surface area contributed by atoms with Gasteiger partial charge in [-0.2, -0.15) is 5.26 Å². The van der Waals surface area contributed by atoms with Gasteiger partial charge in [0.2, 0.25) is 0 Å². The van der Waals surface area contributed by atoms with Crippen LogP contribution in [0, 0.1) is 11.3 Å². The fourth-order valence-electron chi connectivity index (χ4n) is 2.18. The van der Waals surface area contributed by atoms with Gasteiger partial charge in [-0.05, 0) is 24.3 Å². The summed E-state index contributed by atoms with van der Waals surface area (Å²) in [7, 11) is 0. The van der Waals surface area contributed by atoms with E-state index in [1.165, 1.54) is 0 Å². The van der Waals surface area contributed by atoms with E-state index in [1.807, 2.05) is 30.3 Å². The summed E-state index contributed by atoms with van der Waals surface area (Å²) in [5.41, 5.74) is 2.28. The number of para-hydroxylation sites is 2. The number of hydrogen-bond acceptors (Lipinski definition) is 4. The van der Waals surface area contributed by atoms with Crippen molar-refractivity contribution >= 4 is 17.0 Å². The van der Waals surface area contributed by atoms with Gasteiger partial charge in [0, 0.05) is 13.0 Å². The Labute approximate surface area is 127 Å². The molecule has 0 spiro atoms. The standard InChI is InChI=1S/C17H13N3O2/c18-11-12-5-1-2-6-13(12)17(21)19-10-9-16-20-14-7-3-4-8-15(14)22-16/h1-8H,9-10H2,(H,19,21). The van der Waals surface area contributed by atoms with Crippen LogP contribution in [-0.2, 0) is 6.42 Å². The highest BCUT2D eigenvalue weighted by Crippen LogP contribution is 2.14. The highest BCUT2D eigenvalue weighted by Gasteiger charge is 2.11. The number of amides is 1. The van der Waals surface area contributed by atoms with Crippen molar-refractivity contribution in [2.45, 2.75) is 6.42 Å². The van der Waals surface area contributed by atoms with Gasteiger partial charge in [0.15, 0.2) is 11.5 Å². The second kappa shape index (κ2) is 6.10. The number of aromatic nitrogens is 1. The zero-order chi connectivity index (χ0) is 15.4. The molecule has 0 atom stereocenters. The topological polar surface area (TPSA) is 78.9 Å².